The highest BCUT2D eigenvalue weighted by Crippen LogP contribution is 2.28. The molecule has 144 valence electrons. The molecule has 0 saturated carbocycles. The van der Waals surface area contributed by atoms with Crippen molar-refractivity contribution in [1.82, 2.24) is 4.31 Å². The third-order valence-electron chi connectivity index (χ3n) is 4.74. The topological polar surface area (TPSA) is 54.5 Å². The Balaban J connectivity index is 1.89. The van der Waals surface area contributed by atoms with Crippen molar-refractivity contribution in [2.24, 2.45) is 0 Å². The fraction of sp³-hybridized carbons (Fsp3) is 0.350. The summed E-state index contributed by atoms with van der Waals surface area (Å²) in [6.07, 6.45) is 3.82. The third-order valence-corrected chi connectivity index (χ3v) is 7.49. The second-order valence-electron chi connectivity index (χ2n) is 6.65. The second kappa shape index (κ2) is 8.74. The molecule has 2 aromatic carbocycles. The van der Waals surface area contributed by atoms with E-state index in [1.807, 2.05) is 6.07 Å². The molecule has 1 saturated heterocycles. The van der Waals surface area contributed by atoms with Crippen molar-refractivity contribution >= 4 is 39.0 Å². The Morgan fingerprint density at radius 1 is 0.926 bits per heavy atom. The van der Waals surface area contributed by atoms with E-state index in [0.29, 0.717) is 29.2 Å². The van der Waals surface area contributed by atoms with Crippen LogP contribution in [0.3, 0.4) is 0 Å². The van der Waals surface area contributed by atoms with Gasteiger partial charge in [0.25, 0.3) is 0 Å². The Bertz CT molecular complexity index is 936. The van der Waals surface area contributed by atoms with Crippen molar-refractivity contribution in [3.05, 3.63) is 63.6 Å². The molecule has 0 unspecified atom stereocenters. The van der Waals surface area contributed by atoms with Gasteiger partial charge in [0.1, 0.15) is 4.90 Å². The van der Waals surface area contributed by atoms with Gasteiger partial charge < -0.3 is 0 Å². The van der Waals surface area contributed by atoms with E-state index < -0.39 is 10.0 Å². The number of rotatable bonds is 5. The molecule has 27 heavy (non-hydrogen) atoms. The standard InChI is InChI=1S/C20H21Cl2NO3S/c21-17-8-4-3-7-15(17)13-19(24)16-9-10-18(22)20(14-16)27(25,26)23-11-5-1-2-6-12-23/h3-4,7-10,14H,1-2,5-6,11-13H2. The molecule has 4 nitrogen and oxygen atoms in total. The van der Waals surface area contributed by atoms with Crippen molar-refractivity contribution in [1.29, 1.82) is 0 Å². The van der Waals surface area contributed by atoms with Gasteiger partial charge in [-0.1, -0.05) is 54.2 Å². The molecule has 7 heteroatoms. The van der Waals surface area contributed by atoms with Gasteiger partial charge in [-0.25, -0.2) is 8.42 Å². The predicted molar refractivity (Wildman–Crippen MR) is 108 cm³/mol. The first-order valence-electron chi connectivity index (χ1n) is 8.96. The van der Waals surface area contributed by atoms with E-state index in [9.17, 15) is 13.2 Å². The van der Waals surface area contributed by atoms with Gasteiger partial charge in [0.2, 0.25) is 10.0 Å². The van der Waals surface area contributed by atoms with Crippen molar-refractivity contribution < 1.29 is 13.2 Å². The molecule has 0 bridgehead atoms. The minimum Gasteiger partial charge on any atom is -0.294 e. The number of nitrogens with zero attached hydrogens (tertiary/aromatic N) is 1. The highest BCUT2D eigenvalue weighted by molar-refractivity contribution is 7.89. The summed E-state index contributed by atoms with van der Waals surface area (Å²) in [7, 11) is -3.73. The summed E-state index contributed by atoms with van der Waals surface area (Å²) >= 11 is 12.3. The van der Waals surface area contributed by atoms with E-state index in [2.05, 4.69) is 0 Å². The SMILES string of the molecule is O=C(Cc1ccccc1Cl)c1ccc(Cl)c(S(=O)(=O)N2CCCCCC2)c1. The van der Waals surface area contributed by atoms with Crippen LogP contribution in [0.1, 0.15) is 41.6 Å². The van der Waals surface area contributed by atoms with Gasteiger partial charge in [0, 0.05) is 30.1 Å². The molecule has 0 radical (unpaired) electrons. The second-order valence-corrected chi connectivity index (χ2v) is 9.38. The minimum atomic E-state index is -3.73. The third kappa shape index (κ3) is 4.72. The van der Waals surface area contributed by atoms with Crippen molar-refractivity contribution in [2.45, 2.75) is 37.0 Å². The lowest BCUT2D eigenvalue weighted by molar-refractivity contribution is 0.0993. The molecule has 0 atom stereocenters. The summed E-state index contributed by atoms with van der Waals surface area (Å²) < 4.78 is 27.6. The van der Waals surface area contributed by atoms with E-state index >= 15 is 0 Å². The molecule has 0 N–H and O–H groups in total. The van der Waals surface area contributed by atoms with Crippen LogP contribution in [0.2, 0.25) is 10.0 Å². The Hall–Kier alpha value is -1.40. The normalized spacial score (nSPS) is 16.1. The molecule has 0 aliphatic carbocycles. The summed E-state index contributed by atoms with van der Waals surface area (Å²) in [6, 6.07) is 11.5. The molecule has 0 amide bonds. The van der Waals surface area contributed by atoms with Gasteiger partial charge in [-0.2, -0.15) is 4.31 Å². The molecule has 1 heterocycles. The Labute approximate surface area is 170 Å². The van der Waals surface area contributed by atoms with Crippen LogP contribution in [0.5, 0.6) is 0 Å². The maximum Gasteiger partial charge on any atom is 0.244 e. The van der Waals surface area contributed by atoms with E-state index in [0.717, 1.165) is 25.7 Å². The Kier molecular flexibility index (Phi) is 6.58. The van der Waals surface area contributed by atoms with E-state index in [4.69, 9.17) is 23.2 Å². The maximum absolute atomic E-state index is 13.1. The fourth-order valence-electron chi connectivity index (χ4n) is 3.21. The summed E-state index contributed by atoms with van der Waals surface area (Å²) in [5, 5.41) is 0.644. The summed E-state index contributed by atoms with van der Waals surface area (Å²) in [5.41, 5.74) is 1.02. The minimum absolute atomic E-state index is 0.00363. The van der Waals surface area contributed by atoms with Crippen LogP contribution < -0.4 is 0 Å². The van der Waals surface area contributed by atoms with Crippen molar-refractivity contribution in [2.75, 3.05) is 13.1 Å². The maximum atomic E-state index is 13.1. The molecular weight excluding hydrogens is 405 g/mol. The smallest absolute Gasteiger partial charge is 0.244 e. The number of Topliss-reactive ketones (excluding diaryl/α,β-unsaturated/α-hetero) is 1. The quantitative estimate of drug-likeness (QED) is 0.634. The Morgan fingerprint density at radius 2 is 1.59 bits per heavy atom. The fourth-order valence-corrected chi connectivity index (χ4v) is 5.43. The molecule has 1 aliphatic heterocycles. The number of halogens is 2. The van der Waals surface area contributed by atoms with Crippen LogP contribution in [0.4, 0.5) is 0 Å². The number of hydrogen-bond acceptors (Lipinski definition) is 3. The number of carbonyl (C=O) groups is 1. The summed E-state index contributed by atoms with van der Waals surface area (Å²) in [5.74, 6) is -0.202. The molecule has 3 rings (SSSR count). The van der Waals surface area contributed by atoms with E-state index in [1.165, 1.54) is 16.4 Å². The molecule has 1 aliphatic rings. The monoisotopic (exact) mass is 425 g/mol. The zero-order valence-electron chi connectivity index (χ0n) is 14.8. The van der Waals surface area contributed by atoms with Gasteiger partial charge in [0.05, 0.1) is 5.02 Å². The van der Waals surface area contributed by atoms with Crippen LogP contribution in [-0.4, -0.2) is 31.6 Å². The Morgan fingerprint density at radius 3 is 2.26 bits per heavy atom. The first kappa shape index (κ1) is 20.3. The van der Waals surface area contributed by atoms with Crippen LogP contribution in [0.15, 0.2) is 47.4 Å². The number of hydrogen-bond donors (Lipinski definition) is 0. The van der Waals surface area contributed by atoms with E-state index in [1.54, 1.807) is 24.3 Å². The largest absolute Gasteiger partial charge is 0.294 e. The molecule has 0 spiro atoms. The average molecular weight is 426 g/mol. The van der Waals surface area contributed by atoms with Crippen LogP contribution >= 0.6 is 23.2 Å². The van der Waals surface area contributed by atoms with Crippen LogP contribution in [0.25, 0.3) is 0 Å². The lowest BCUT2D eigenvalue weighted by Crippen LogP contribution is -2.32. The van der Waals surface area contributed by atoms with Gasteiger partial charge in [0.15, 0.2) is 5.78 Å². The number of benzene rings is 2. The van der Waals surface area contributed by atoms with Gasteiger partial charge in [-0.3, -0.25) is 4.79 Å². The van der Waals surface area contributed by atoms with Gasteiger partial charge >= 0.3 is 0 Å². The lowest BCUT2D eigenvalue weighted by atomic mass is 10.0. The molecular formula is C20H21Cl2NO3S. The zero-order chi connectivity index (χ0) is 19.4. The average Bonchev–Trinajstić information content (AvgIpc) is 2.94. The van der Waals surface area contributed by atoms with Crippen molar-refractivity contribution in [3.8, 4) is 0 Å². The summed E-state index contributed by atoms with van der Waals surface area (Å²) in [6.45, 7) is 0.965. The van der Waals surface area contributed by atoms with Crippen LogP contribution in [0, 0.1) is 0 Å². The number of carbonyl (C=O) groups excluding carboxylic acids is 1. The molecule has 1 fully saturated rings. The van der Waals surface area contributed by atoms with Crippen molar-refractivity contribution in [3.63, 3.8) is 0 Å². The van der Waals surface area contributed by atoms with Crippen LogP contribution in [-0.2, 0) is 16.4 Å². The van der Waals surface area contributed by atoms with E-state index in [-0.39, 0.29) is 22.1 Å². The predicted octanol–water partition coefficient (Wildman–Crippen LogP) is 4.98. The van der Waals surface area contributed by atoms with Gasteiger partial charge in [-0.05, 0) is 42.7 Å². The first-order chi connectivity index (χ1) is 12.9. The number of ketones is 1. The lowest BCUT2D eigenvalue weighted by Gasteiger charge is -2.21. The molecule has 2 aromatic rings. The zero-order valence-corrected chi connectivity index (χ0v) is 17.2. The highest BCUT2D eigenvalue weighted by Gasteiger charge is 2.28. The molecule has 0 aromatic heterocycles. The van der Waals surface area contributed by atoms with Gasteiger partial charge in [-0.15, -0.1) is 0 Å². The highest BCUT2D eigenvalue weighted by atomic mass is 35.5. The summed E-state index contributed by atoms with van der Waals surface area (Å²) in [4.78, 5) is 12.7. The number of sulfonamides is 1. The first-order valence-corrected chi connectivity index (χ1v) is 11.2.